The summed E-state index contributed by atoms with van der Waals surface area (Å²) in [6.45, 7) is 0. The number of carbonyl (C=O) groups excluding carboxylic acids is 1. The Morgan fingerprint density at radius 1 is 1.14 bits per heavy atom. The van der Waals surface area contributed by atoms with Gasteiger partial charge in [-0.3, -0.25) is 4.79 Å². The van der Waals surface area contributed by atoms with E-state index in [1.807, 2.05) is 0 Å². The van der Waals surface area contributed by atoms with Gasteiger partial charge in [-0.2, -0.15) is 0 Å². The lowest BCUT2D eigenvalue weighted by molar-refractivity contribution is 0.101. The summed E-state index contributed by atoms with van der Waals surface area (Å²) in [5.74, 6) is -4.52. The predicted molar refractivity (Wildman–Crippen MR) is 71.7 cm³/mol. The smallest absolute Gasteiger partial charge is 0.261 e. The zero-order valence-electron chi connectivity index (χ0n) is 10.9. The van der Waals surface area contributed by atoms with Crippen LogP contribution in [0, 0.1) is 17.5 Å². The lowest BCUT2D eigenvalue weighted by atomic mass is 10.1. The molecule has 7 heteroatoms. The summed E-state index contributed by atoms with van der Waals surface area (Å²) in [6, 6.07) is 5.25. The molecule has 0 radical (unpaired) electrons. The molecule has 21 heavy (non-hydrogen) atoms. The molecule has 2 aromatic carbocycles. The fourth-order valence-electron chi connectivity index (χ4n) is 1.77. The van der Waals surface area contributed by atoms with E-state index in [1.165, 1.54) is 25.3 Å². The average Bonchev–Trinajstić information content (AvgIpc) is 2.37. The second-order valence-electron chi connectivity index (χ2n) is 4.16. The molecule has 0 spiro atoms. The lowest BCUT2D eigenvalue weighted by Crippen LogP contribution is -2.17. The molecule has 0 atom stereocenters. The minimum atomic E-state index is -1.30. The summed E-state index contributed by atoms with van der Waals surface area (Å²) >= 11 is 0. The minimum absolute atomic E-state index is 0.144. The Morgan fingerprint density at radius 3 is 2.33 bits per heavy atom. The summed E-state index contributed by atoms with van der Waals surface area (Å²) in [5, 5.41) is 2.27. The van der Waals surface area contributed by atoms with Crippen molar-refractivity contribution in [3.8, 4) is 5.75 Å². The second kappa shape index (κ2) is 5.74. The number of hydrogen-bond acceptors (Lipinski definition) is 3. The van der Waals surface area contributed by atoms with E-state index in [0.29, 0.717) is 17.8 Å². The molecule has 0 saturated heterocycles. The Bertz CT molecular complexity index is 682. The maximum atomic E-state index is 13.5. The second-order valence-corrected chi connectivity index (χ2v) is 4.16. The van der Waals surface area contributed by atoms with Crippen LogP contribution in [0.15, 0.2) is 30.3 Å². The molecule has 0 saturated carbocycles. The van der Waals surface area contributed by atoms with Gasteiger partial charge in [-0.15, -0.1) is 0 Å². The summed E-state index contributed by atoms with van der Waals surface area (Å²) in [6.07, 6.45) is 0. The van der Waals surface area contributed by atoms with Crippen LogP contribution in [0.1, 0.15) is 10.4 Å². The number of amides is 1. The van der Waals surface area contributed by atoms with Crippen molar-refractivity contribution < 1.29 is 22.7 Å². The van der Waals surface area contributed by atoms with E-state index >= 15 is 0 Å². The molecule has 0 aliphatic carbocycles. The van der Waals surface area contributed by atoms with E-state index in [0.717, 1.165) is 0 Å². The third-order valence-corrected chi connectivity index (χ3v) is 2.71. The maximum Gasteiger partial charge on any atom is 0.261 e. The first-order valence-corrected chi connectivity index (χ1v) is 5.81. The van der Waals surface area contributed by atoms with Gasteiger partial charge in [0.15, 0.2) is 0 Å². The fourth-order valence-corrected chi connectivity index (χ4v) is 1.77. The first-order chi connectivity index (χ1) is 9.92. The zero-order valence-corrected chi connectivity index (χ0v) is 10.9. The summed E-state index contributed by atoms with van der Waals surface area (Å²) in [7, 11) is 1.36. The van der Waals surface area contributed by atoms with Crippen molar-refractivity contribution in [3.05, 3.63) is 53.3 Å². The topological polar surface area (TPSA) is 64.3 Å². The maximum absolute atomic E-state index is 13.5. The van der Waals surface area contributed by atoms with Crippen molar-refractivity contribution >= 4 is 17.3 Å². The number of carbonyl (C=O) groups is 1. The van der Waals surface area contributed by atoms with Crippen LogP contribution in [0.5, 0.6) is 5.75 Å². The first-order valence-electron chi connectivity index (χ1n) is 5.81. The molecule has 3 N–H and O–H groups in total. The Hall–Kier alpha value is -2.70. The van der Waals surface area contributed by atoms with Crippen LogP contribution in [0.3, 0.4) is 0 Å². The Kier molecular flexibility index (Phi) is 4.02. The lowest BCUT2D eigenvalue weighted by Gasteiger charge is -2.11. The van der Waals surface area contributed by atoms with E-state index in [2.05, 4.69) is 5.32 Å². The van der Waals surface area contributed by atoms with E-state index in [4.69, 9.17) is 10.5 Å². The third kappa shape index (κ3) is 3.07. The number of halogens is 3. The summed E-state index contributed by atoms with van der Waals surface area (Å²) in [4.78, 5) is 11.9. The van der Waals surface area contributed by atoms with Gasteiger partial charge in [0.05, 0.1) is 12.8 Å². The van der Waals surface area contributed by atoms with Crippen LogP contribution in [-0.4, -0.2) is 13.0 Å². The number of nitrogens with two attached hydrogens (primary N) is 1. The van der Waals surface area contributed by atoms with Gasteiger partial charge >= 0.3 is 0 Å². The SMILES string of the molecule is COc1ccc(N)cc1NC(=O)c1c(F)cc(F)cc1F. The van der Waals surface area contributed by atoms with Gasteiger partial charge < -0.3 is 15.8 Å². The molecule has 2 rings (SSSR count). The van der Waals surface area contributed by atoms with Crippen molar-refractivity contribution in [2.45, 2.75) is 0 Å². The third-order valence-electron chi connectivity index (χ3n) is 2.71. The van der Waals surface area contributed by atoms with Crippen LogP contribution in [0.4, 0.5) is 24.5 Å². The van der Waals surface area contributed by atoms with Crippen LogP contribution in [-0.2, 0) is 0 Å². The van der Waals surface area contributed by atoms with E-state index < -0.39 is 28.9 Å². The summed E-state index contributed by atoms with van der Waals surface area (Å²) in [5.41, 5.74) is 5.15. The number of anilines is 2. The highest BCUT2D eigenvalue weighted by atomic mass is 19.1. The largest absolute Gasteiger partial charge is 0.495 e. The van der Waals surface area contributed by atoms with Crippen molar-refractivity contribution in [2.75, 3.05) is 18.2 Å². The zero-order chi connectivity index (χ0) is 15.6. The number of nitrogen functional groups attached to an aromatic ring is 1. The molecule has 1 amide bonds. The molecule has 0 aliphatic heterocycles. The predicted octanol–water partition coefficient (Wildman–Crippen LogP) is 2.95. The van der Waals surface area contributed by atoms with Crippen molar-refractivity contribution in [3.63, 3.8) is 0 Å². The highest BCUT2D eigenvalue weighted by Crippen LogP contribution is 2.27. The monoisotopic (exact) mass is 296 g/mol. The van der Waals surface area contributed by atoms with Crippen LogP contribution in [0.25, 0.3) is 0 Å². The highest BCUT2D eigenvalue weighted by Gasteiger charge is 2.20. The Balaban J connectivity index is 2.37. The van der Waals surface area contributed by atoms with Gasteiger partial charge in [-0.25, -0.2) is 13.2 Å². The Morgan fingerprint density at radius 2 is 1.76 bits per heavy atom. The highest BCUT2D eigenvalue weighted by molar-refractivity contribution is 6.05. The molecular weight excluding hydrogens is 285 g/mol. The molecule has 0 unspecified atom stereocenters. The summed E-state index contributed by atoms with van der Waals surface area (Å²) < 4.78 is 44.9. The first kappa shape index (κ1) is 14.7. The number of ether oxygens (including phenoxy) is 1. The van der Waals surface area contributed by atoms with E-state index in [1.54, 1.807) is 0 Å². The number of rotatable bonds is 3. The van der Waals surface area contributed by atoms with E-state index in [-0.39, 0.29) is 11.4 Å². The van der Waals surface area contributed by atoms with E-state index in [9.17, 15) is 18.0 Å². The van der Waals surface area contributed by atoms with Crippen molar-refractivity contribution in [1.29, 1.82) is 0 Å². The molecule has 0 bridgehead atoms. The van der Waals surface area contributed by atoms with Gasteiger partial charge in [-0.1, -0.05) is 0 Å². The quantitative estimate of drug-likeness (QED) is 0.856. The standard InChI is InChI=1S/C14H11F3N2O2/c1-21-12-3-2-8(18)6-11(12)19-14(20)13-9(16)4-7(15)5-10(13)17/h2-6H,18H2,1H3,(H,19,20). The number of hydrogen-bond donors (Lipinski definition) is 2. The van der Waals surface area contributed by atoms with Crippen molar-refractivity contribution in [2.24, 2.45) is 0 Å². The molecule has 4 nitrogen and oxygen atoms in total. The van der Waals surface area contributed by atoms with Gasteiger partial charge in [0.2, 0.25) is 0 Å². The normalized spacial score (nSPS) is 10.3. The molecular formula is C14H11F3N2O2. The number of benzene rings is 2. The molecule has 0 aliphatic rings. The van der Waals surface area contributed by atoms with Gasteiger partial charge in [-0.05, 0) is 18.2 Å². The van der Waals surface area contributed by atoms with Crippen LogP contribution >= 0.6 is 0 Å². The molecule has 0 heterocycles. The molecule has 0 fully saturated rings. The average molecular weight is 296 g/mol. The van der Waals surface area contributed by atoms with Gasteiger partial charge in [0.25, 0.3) is 5.91 Å². The van der Waals surface area contributed by atoms with Crippen LogP contribution in [0.2, 0.25) is 0 Å². The number of nitrogens with one attached hydrogen (secondary N) is 1. The number of methoxy groups -OCH3 is 1. The van der Waals surface area contributed by atoms with Crippen LogP contribution < -0.4 is 15.8 Å². The fraction of sp³-hybridized carbons (Fsp3) is 0.0714. The molecule has 110 valence electrons. The minimum Gasteiger partial charge on any atom is -0.495 e. The van der Waals surface area contributed by atoms with Gasteiger partial charge in [0.1, 0.15) is 28.8 Å². The van der Waals surface area contributed by atoms with Gasteiger partial charge in [0, 0.05) is 17.8 Å². The Labute approximate surface area is 118 Å². The molecule has 0 aromatic heterocycles. The van der Waals surface area contributed by atoms with Crippen molar-refractivity contribution in [1.82, 2.24) is 0 Å². The molecule has 2 aromatic rings.